The van der Waals surface area contributed by atoms with Crippen molar-refractivity contribution in [1.82, 2.24) is 0 Å². The Morgan fingerprint density at radius 2 is 1.35 bits per heavy atom. The fourth-order valence-electron chi connectivity index (χ4n) is 3.64. The van der Waals surface area contributed by atoms with Gasteiger partial charge in [-0.05, 0) is 49.9 Å². The van der Waals surface area contributed by atoms with E-state index in [1.54, 1.807) is 0 Å². The lowest BCUT2D eigenvalue weighted by molar-refractivity contribution is -0.0163. The maximum absolute atomic E-state index is 14.0. The van der Waals surface area contributed by atoms with Gasteiger partial charge in [-0.15, -0.1) is 0 Å². The molecule has 0 radical (unpaired) electrons. The molecule has 0 aliphatic heterocycles. The van der Waals surface area contributed by atoms with Gasteiger partial charge in [-0.1, -0.05) is 13.8 Å². The topological polar surface area (TPSA) is 0 Å². The van der Waals surface area contributed by atoms with Crippen LogP contribution in [0.25, 0.3) is 0 Å². The lowest BCUT2D eigenvalue weighted by Gasteiger charge is -2.41. The Morgan fingerprint density at radius 3 is 1.88 bits per heavy atom. The Bertz CT molecular complexity index is 244. The Balaban J connectivity index is 2.01. The van der Waals surface area contributed by atoms with Gasteiger partial charge >= 0.3 is 0 Å². The molecule has 2 rings (SSSR count). The third-order valence-electron chi connectivity index (χ3n) is 4.77. The van der Waals surface area contributed by atoms with Crippen LogP contribution in [0.2, 0.25) is 0 Å². The minimum absolute atomic E-state index is 0.0601. The van der Waals surface area contributed by atoms with E-state index < -0.39 is 24.4 Å². The predicted molar refractivity (Wildman–Crippen MR) is 63.1 cm³/mol. The molecule has 0 heterocycles. The van der Waals surface area contributed by atoms with Crippen LogP contribution in [-0.2, 0) is 0 Å². The molecule has 0 nitrogen and oxygen atoms in total. The second-order valence-electron chi connectivity index (χ2n) is 6.25. The van der Waals surface area contributed by atoms with Crippen molar-refractivity contribution in [3.63, 3.8) is 0 Å². The summed E-state index contributed by atoms with van der Waals surface area (Å²) in [6, 6.07) is 0. The molecule has 0 aromatic heterocycles. The molecular weight excluding hydrogens is 225 g/mol. The highest BCUT2D eigenvalue weighted by Crippen LogP contribution is 2.44. The predicted octanol–water partition coefficient (Wildman–Crippen LogP) is 4.48. The molecule has 0 saturated heterocycles. The average molecular weight is 248 g/mol. The molecule has 5 unspecified atom stereocenters. The Morgan fingerprint density at radius 1 is 0.765 bits per heavy atom. The lowest BCUT2D eigenvalue weighted by Crippen LogP contribution is -2.42. The van der Waals surface area contributed by atoms with Crippen LogP contribution in [-0.4, -0.2) is 18.5 Å². The minimum Gasteiger partial charge on any atom is -0.247 e. The molecule has 0 aromatic rings. The smallest absolute Gasteiger partial charge is 0.106 e. The van der Waals surface area contributed by atoms with E-state index in [4.69, 9.17) is 0 Å². The van der Waals surface area contributed by atoms with Crippen LogP contribution in [0.5, 0.6) is 0 Å². The summed E-state index contributed by atoms with van der Waals surface area (Å²) in [6.45, 7) is 3.79. The molecule has 0 spiro atoms. The van der Waals surface area contributed by atoms with Crippen LogP contribution in [0.3, 0.4) is 0 Å². The maximum Gasteiger partial charge on any atom is 0.106 e. The van der Waals surface area contributed by atoms with E-state index in [1.165, 1.54) is 0 Å². The Kier molecular flexibility index (Phi) is 4.04. The number of rotatable bonds is 1. The van der Waals surface area contributed by atoms with Crippen molar-refractivity contribution in [1.29, 1.82) is 0 Å². The van der Waals surface area contributed by atoms with E-state index in [0.717, 1.165) is 12.8 Å². The summed E-state index contributed by atoms with van der Waals surface area (Å²) in [6.07, 6.45) is -0.173. The molecule has 17 heavy (non-hydrogen) atoms. The van der Waals surface area contributed by atoms with Crippen molar-refractivity contribution in [2.24, 2.45) is 23.7 Å². The van der Waals surface area contributed by atoms with E-state index in [-0.39, 0.29) is 17.8 Å². The van der Waals surface area contributed by atoms with Gasteiger partial charge in [0.15, 0.2) is 0 Å². The molecule has 0 N–H and O–H groups in total. The van der Waals surface area contributed by atoms with Gasteiger partial charge in [0, 0.05) is 5.92 Å². The van der Waals surface area contributed by atoms with Gasteiger partial charge in [0.05, 0.1) is 0 Å². The minimum atomic E-state index is -1.07. The summed E-state index contributed by atoms with van der Waals surface area (Å²) in [4.78, 5) is 0. The summed E-state index contributed by atoms with van der Waals surface area (Å²) < 4.78 is 41.7. The summed E-state index contributed by atoms with van der Waals surface area (Å²) in [7, 11) is 0. The van der Waals surface area contributed by atoms with Crippen molar-refractivity contribution in [3.8, 4) is 0 Å². The molecule has 2 saturated carbocycles. The summed E-state index contributed by atoms with van der Waals surface area (Å²) >= 11 is 0. The van der Waals surface area contributed by atoms with E-state index in [0.29, 0.717) is 19.3 Å². The molecule has 100 valence electrons. The molecular formula is C14H23F3. The van der Waals surface area contributed by atoms with E-state index in [2.05, 4.69) is 0 Å². The zero-order valence-electron chi connectivity index (χ0n) is 10.7. The molecule has 3 heteroatoms. The van der Waals surface area contributed by atoms with Gasteiger partial charge in [0.1, 0.15) is 18.5 Å². The van der Waals surface area contributed by atoms with Gasteiger partial charge in [-0.25, -0.2) is 13.2 Å². The van der Waals surface area contributed by atoms with Gasteiger partial charge in [0.25, 0.3) is 0 Å². The van der Waals surface area contributed by atoms with Crippen molar-refractivity contribution in [2.75, 3.05) is 0 Å². The highest BCUT2D eigenvalue weighted by molar-refractivity contribution is 4.92. The van der Waals surface area contributed by atoms with E-state index in [1.807, 2.05) is 13.8 Å². The molecule has 2 aliphatic carbocycles. The Labute approximate surface area is 102 Å². The first-order chi connectivity index (χ1) is 7.99. The molecule has 0 amide bonds. The third-order valence-corrected chi connectivity index (χ3v) is 4.77. The highest BCUT2D eigenvalue weighted by atomic mass is 19.1. The van der Waals surface area contributed by atoms with Crippen LogP contribution in [0, 0.1) is 23.7 Å². The zero-order chi connectivity index (χ0) is 12.6. The fraction of sp³-hybridized carbons (Fsp3) is 1.00. The molecule has 0 aromatic carbocycles. The summed E-state index contributed by atoms with van der Waals surface area (Å²) in [5, 5.41) is 0. The van der Waals surface area contributed by atoms with E-state index >= 15 is 0 Å². The van der Waals surface area contributed by atoms with Crippen LogP contribution >= 0.6 is 0 Å². The fourth-order valence-corrected chi connectivity index (χ4v) is 3.64. The number of hydrogen-bond donors (Lipinski definition) is 0. The van der Waals surface area contributed by atoms with Gasteiger partial charge in [-0.3, -0.25) is 0 Å². The maximum atomic E-state index is 14.0. The standard InChI is InChI=1S/C14H23F3/c1-8-5-12(16)14(13(17)6-8)10-4-3-9(2)11(15)7-10/h8-14H,3-7H2,1-2H3. The lowest BCUT2D eigenvalue weighted by atomic mass is 9.67. The third kappa shape index (κ3) is 2.79. The second kappa shape index (κ2) is 5.19. The first-order valence-corrected chi connectivity index (χ1v) is 6.91. The first-order valence-electron chi connectivity index (χ1n) is 6.91. The molecule has 2 fully saturated rings. The van der Waals surface area contributed by atoms with Gasteiger partial charge in [0.2, 0.25) is 0 Å². The molecule has 0 bridgehead atoms. The molecule has 5 atom stereocenters. The monoisotopic (exact) mass is 248 g/mol. The van der Waals surface area contributed by atoms with Gasteiger partial charge < -0.3 is 0 Å². The summed E-state index contributed by atoms with van der Waals surface area (Å²) in [5.74, 6) is -0.444. The van der Waals surface area contributed by atoms with Crippen molar-refractivity contribution < 1.29 is 13.2 Å². The Hall–Kier alpha value is -0.210. The largest absolute Gasteiger partial charge is 0.247 e. The van der Waals surface area contributed by atoms with Crippen LogP contribution in [0.4, 0.5) is 13.2 Å². The number of hydrogen-bond acceptors (Lipinski definition) is 0. The van der Waals surface area contributed by atoms with Crippen molar-refractivity contribution in [2.45, 2.75) is 64.5 Å². The van der Waals surface area contributed by atoms with Crippen molar-refractivity contribution >= 4 is 0 Å². The van der Waals surface area contributed by atoms with E-state index in [9.17, 15) is 13.2 Å². The first kappa shape index (κ1) is 13.2. The zero-order valence-corrected chi connectivity index (χ0v) is 10.7. The van der Waals surface area contributed by atoms with Crippen molar-refractivity contribution in [3.05, 3.63) is 0 Å². The SMILES string of the molecule is CC1CC(F)C(C2CCC(C)C(F)C2)C(F)C1. The second-order valence-corrected chi connectivity index (χ2v) is 6.25. The normalized spacial score (nSPS) is 52.4. The highest BCUT2D eigenvalue weighted by Gasteiger charge is 2.44. The number of alkyl halides is 3. The quantitative estimate of drug-likeness (QED) is 0.641. The summed E-state index contributed by atoms with van der Waals surface area (Å²) in [5.41, 5.74) is 0. The van der Waals surface area contributed by atoms with Gasteiger partial charge in [-0.2, -0.15) is 0 Å². The molecule has 2 aliphatic rings. The average Bonchev–Trinajstić information content (AvgIpc) is 2.21. The van der Waals surface area contributed by atoms with Crippen LogP contribution in [0.15, 0.2) is 0 Å². The number of halogens is 3. The van der Waals surface area contributed by atoms with Crippen LogP contribution < -0.4 is 0 Å². The van der Waals surface area contributed by atoms with Crippen LogP contribution in [0.1, 0.15) is 46.0 Å².